The lowest BCUT2D eigenvalue weighted by atomic mass is 10.1. The fourth-order valence-electron chi connectivity index (χ4n) is 2.81. The molecule has 0 aliphatic heterocycles. The van der Waals surface area contributed by atoms with Crippen molar-refractivity contribution in [3.8, 4) is 11.8 Å². The van der Waals surface area contributed by atoms with E-state index < -0.39 is 47.3 Å². The molecule has 1 N–H and O–H groups in total. The highest BCUT2D eigenvalue weighted by atomic mass is 19.4. The van der Waals surface area contributed by atoms with Gasteiger partial charge in [-0.25, -0.2) is 13.2 Å². The minimum atomic E-state index is -4.97. The summed E-state index contributed by atoms with van der Waals surface area (Å²) in [6.45, 7) is 0. The number of fused-ring (bicyclic) bond motifs is 1. The third-order valence-corrected chi connectivity index (χ3v) is 3.82. The number of rotatable bonds is 1. The average Bonchev–Trinajstić information content (AvgIpc) is 2.93. The molecule has 0 saturated carbocycles. The molecule has 1 aromatic heterocycles. The average molecular weight is 346 g/mol. The van der Waals surface area contributed by atoms with Gasteiger partial charge in [0, 0.05) is 23.1 Å². The first-order valence-corrected chi connectivity index (χ1v) is 6.63. The maximum atomic E-state index is 13.7. The SMILES string of the molecule is N#Cc1cc(F)cc(-n2cc(C(F)(F)F)c3c2CC(F)(F)C3O)c1. The third kappa shape index (κ3) is 2.43. The van der Waals surface area contributed by atoms with Crippen molar-refractivity contribution in [2.24, 2.45) is 0 Å². The second-order valence-electron chi connectivity index (χ2n) is 5.42. The molecule has 2 aromatic rings. The van der Waals surface area contributed by atoms with Crippen molar-refractivity contribution in [2.45, 2.75) is 24.6 Å². The summed E-state index contributed by atoms with van der Waals surface area (Å²) in [5.41, 5.74) is -3.18. The molecule has 3 rings (SSSR count). The number of benzene rings is 1. The summed E-state index contributed by atoms with van der Waals surface area (Å²) in [6, 6.07) is 4.40. The highest BCUT2D eigenvalue weighted by molar-refractivity contribution is 5.50. The lowest BCUT2D eigenvalue weighted by Crippen LogP contribution is -2.23. The first kappa shape index (κ1) is 16.4. The zero-order valence-corrected chi connectivity index (χ0v) is 11.7. The topological polar surface area (TPSA) is 49.0 Å². The highest BCUT2D eigenvalue weighted by Gasteiger charge is 2.53. The van der Waals surface area contributed by atoms with Crippen LogP contribution in [0.1, 0.15) is 28.5 Å². The Hall–Kier alpha value is -2.47. The molecule has 9 heteroatoms. The molecule has 1 unspecified atom stereocenters. The fourth-order valence-corrected chi connectivity index (χ4v) is 2.81. The second kappa shape index (κ2) is 5.01. The summed E-state index contributed by atoms with van der Waals surface area (Å²) in [6.07, 6.45) is -8.17. The van der Waals surface area contributed by atoms with Crippen molar-refractivity contribution in [2.75, 3.05) is 0 Å². The smallest absolute Gasteiger partial charge is 0.382 e. The molecule has 1 aromatic carbocycles. The Morgan fingerprint density at radius 1 is 1.25 bits per heavy atom. The van der Waals surface area contributed by atoms with Gasteiger partial charge in [0.05, 0.1) is 23.6 Å². The summed E-state index contributed by atoms with van der Waals surface area (Å²) >= 11 is 0. The lowest BCUT2D eigenvalue weighted by Gasteiger charge is -2.16. The van der Waals surface area contributed by atoms with E-state index in [0.717, 1.165) is 22.8 Å². The second-order valence-corrected chi connectivity index (χ2v) is 5.42. The van der Waals surface area contributed by atoms with Crippen LogP contribution >= 0.6 is 0 Å². The standard InChI is InChI=1S/C15H8F6N2O/c16-8-1-7(5-22)2-9(3-8)23-6-10(15(19,20)21)12-11(23)4-14(17,18)13(12)24/h1-3,6,13,24H,4H2. The number of hydrogen-bond donors (Lipinski definition) is 1. The van der Waals surface area contributed by atoms with Gasteiger partial charge in [-0.15, -0.1) is 0 Å². The van der Waals surface area contributed by atoms with E-state index in [1.165, 1.54) is 0 Å². The van der Waals surface area contributed by atoms with Gasteiger partial charge in [-0.2, -0.15) is 18.4 Å². The molecule has 0 saturated heterocycles. The van der Waals surface area contributed by atoms with Crippen molar-refractivity contribution >= 4 is 0 Å². The van der Waals surface area contributed by atoms with E-state index in [-0.39, 0.29) is 11.3 Å². The first-order valence-electron chi connectivity index (χ1n) is 6.63. The molecule has 0 amide bonds. The van der Waals surface area contributed by atoms with Crippen LogP contribution in [0.25, 0.3) is 5.69 Å². The number of halogens is 6. The van der Waals surface area contributed by atoms with Crippen molar-refractivity contribution in [3.05, 3.63) is 52.6 Å². The van der Waals surface area contributed by atoms with E-state index in [4.69, 9.17) is 5.26 Å². The molecular weight excluding hydrogens is 338 g/mol. The lowest BCUT2D eigenvalue weighted by molar-refractivity contribution is -0.142. The van der Waals surface area contributed by atoms with Gasteiger partial charge in [-0.3, -0.25) is 0 Å². The predicted octanol–water partition coefficient (Wildman–Crippen LogP) is 3.73. The Balaban J connectivity index is 2.28. The Morgan fingerprint density at radius 3 is 2.50 bits per heavy atom. The van der Waals surface area contributed by atoms with Gasteiger partial charge in [0.2, 0.25) is 0 Å². The van der Waals surface area contributed by atoms with E-state index in [9.17, 15) is 31.4 Å². The number of alkyl halides is 5. The van der Waals surface area contributed by atoms with E-state index in [1.807, 2.05) is 0 Å². The zero-order chi connectivity index (χ0) is 17.9. The van der Waals surface area contributed by atoms with Gasteiger partial charge in [-0.1, -0.05) is 0 Å². The summed E-state index contributed by atoms with van der Waals surface area (Å²) in [7, 11) is 0. The third-order valence-electron chi connectivity index (χ3n) is 3.82. The summed E-state index contributed by atoms with van der Waals surface area (Å²) in [4.78, 5) is 0. The van der Waals surface area contributed by atoms with Crippen LogP contribution in [0, 0.1) is 17.1 Å². The monoisotopic (exact) mass is 346 g/mol. The maximum Gasteiger partial charge on any atom is 0.418 e. The van der Waals surface area contributed by atoms with Gasteiger partial charge in [0.1, 0.15) is 11.9 Å². The molecule has 24 heavy (non-hydrogen) atoms. The quantitative estimate of drug-likeness (QED) is 0.800. The van der Waals surface area contributed by atoms with Crippen molar-refractivity contribution in [3.63, 3.8) is 0 Å². The van der Waals surface area contributed by atoms with Crippen molar-refractivity contribution < 1.29 is 31.4 Å². The number of aliphatic hydroxyl groups excluding tert-OH is 1. The Kier molecular flexibility index (Phi) is 3.42. The van der Waals surface area contributed by atoms with Crippen LogP contribution in [0.2, 0.25) is 0 Å². The largest absolute Gasteiger partial charge is 0.418 e. The Morgan fingerprint density at radius 2 is 1.92 bits per heavy atom. The van der Waals surface area contributed by atoms with Crippen molar-refractivity contribution in [1.29, 1.82) is 5.26 Å². The highest BCUT2D eigenvalue weighted by Crippen LogP contribution is 2.49. The molecular formula is C15H8F6N2O. The van der Waals surface area contributed by atoms with Crippen LogP contribution in [-0.4, -0.2) is 15.6 Å². The molecule has 1 aliphatic carbocycles. The van der Waals surface area contributed by atoms with E-state index in [2.05, 4.69) is 0 Å². The molecule has 1 heterocycles. The van der Waals surface area contributed by atoms with E-state index in [0.29, 0.717) is 6.20 Å². The number of aromatic nitrogens is 1. The van der Waals surface area contributed by atoms with Gasteiger partial charge in [-0.05, 0) is 18.2 Å². The molecule has 126 valence electrons. The summed E-state index contributed by atoms with van der Waals surface area (Å²) in [5.74, 6) is -4.66. The Bertz CT molecular complexity index is 862. The number of aliphatic hydroxyl groups is 1. The van der Waals surface area contributed by atoms with Gasteiger partial charge < -0.3 is 9.67 Å². The molecule has 1 atom stereocenters. The van der Waals surface area contributed by atoms with Crippen LogP contribution in [0.5, 0.6) is 0 Å². The predicted molar refractivity (Wildman–Crippen MR) is 69.1 cm³/mol. The van der Waals surface area contributed by atoms with Gasteiger partial charge in [0.15, 0.2) is 0 Å². The molecule has 1 aliphatic rings. The molecule has 0 radical (unpaired) electrons. The normalized spacial score (nSPS) is 19.2. The van der Waals surface area contributed by atoms with Gasteiger partial charge >= 0.3 is 6.18 Å². The Labute approximate surface area is 131 Å². The van der Waals surface area contributed by atoms with E-state index >= 15 is 0 Å². The molecule has 0 bridgehead atoms. The first-order chi connectivity index (χ1) is 11.0. The fraction of sp³-hybridized carbons (Fsp3) is 0.267. The molecule has 0 fully saturated rings. The summed E-state index contributed by atoms with van der Waals surface area (Å²) < 4.78 is 81.0. The van der Waals surface area contributed by atoms with Gasteiger partial charge in [0.25, 0.3) is 5.92 Å². The van der Waals surface area contributed by atoms with Crippen LogP contribution < -0.4 is 0 Å². The number of nitrogens with zero attached hydrogens (tertiary/aromatic N) is 2. The van der Waals surface area contributed by atoms with E-state index in [1.54, 1.807) is 6.07 Å². The minimum absolute atomic E-state index is 0.175. The maximum absolute atomic E-state index is 13.7. The van der Waals surface area contributed by atoms with Crippen LogP contribution in [0.15, 0.2) is 24.4 Å². The van der Waals surface area contributed by atoms with Crippen molar-refractivity contribution in [1.82, 2.24) is 4.57 Å². The van der Waals surface area contributed by atoms with Crippen LogP contribution in [0.4, 0.5) is 26.3 Å². The van der Waals surface area contributed by atoms with Crippen LogP contribution in [0.3, 0.4) is 0 Å². The summed E-state index contributed by atoms with van der Waals surface area (Å²) in [5, 5.41) is 18.4. The number of nitriles is 1. The zero-order valence-electron chi connectivity index (χ0n) is 11.7. The van der Waals surface area contributed by atoms with Crippen LogP contribution in [-0.2, 0) is 12.6 Å². The number of hydrogen-bond acceptors (Lipinski definition) is 2. The molecule has 0 spiro atoms. The minimum Gasteiger partial charge on any atom is -0.382 e. The molecule has 3 nitrogen and oxygen atoms in total.